The maximum absolute atomic E-state index is 13.4. The maximum Gasteiger partial charge on any atom is 0.309 e. The number of aryl methyl sites for hydroxylation is 2. The summed E-state index contributed by atoms with van der Waals surface area (Å²) in [4.78, 5) is 24.6. The summed E-state index contributed by atoms with van der Waals surface area (Å²) < 4.78 is 28.3. The highest BCUT2D eigenvalue weighted by atomic mass is 32.2. The van der Waals surface area contributed by atoms with Gasteiger partial charge < -0.3 is 10.6 Å². The normalized spacial score (nSPS) is 16.8. The van der Waals surface area contributed by atoms with Crippen molar-refractivity contribution in [2.24, 2.45) is 0 Å². The summed E-state index contributed by atoms with van der Waals surface area (Å²) in [5, 5.41) is 5.27. The molecular formula is C25H33N3O4S. The van der Waals surface area contributed by atoms with Gasteiger partial charge in [-0.2, -0.15) is 4.31 Å². The molecule has 0 aromatic heterocycles. The van der Waals surface area contributed by atoms with Gasteiger partial charge >= 0.3 is 11.8 Å². The third-order valence-corrected chi connectivity index (χ3v) is 8.11. The van der Waals surface area contributed by atoms with Crippen molar-refractivity contribution in [3.05, 3.63) is 65.2 Å². The van der Waals surface area contributed by atoms with Gasteiger partial charge in [0.15, 0.2) is 0 Å². The van der Waals surface area contributed by atoms with Gasteiger partial charge in [0.2, 0.25) is 10.0 Å². The fourth-order valence-electron chi connectivity index (χ4n) is 4.17. The van der Waals surface area contributed by atoms with Gasteiger partial charge in [-0.1, -0.05) is 48.9 Å². The second kappa shape index (κ2) is 11.4. The first-order chi connectivity index (χ1) is 15.8. The molecule has 2 aromatic rings. The van der Waals surface area contributed by atoms with Crippen LogP contribution in [0.4, 0.5) is 0 Å². The van der Waals surface area contributed by atoms with Crippen LogP contribution in [0, 0.1) is 13.8 Å². The number of nitrogens with one attached hydrogen (secondary N) is 2. The van der Waals surface area contributed by atoms with Gasteiger partial charge in [-0.05, 0) is 62.3 Å². The molecule has 0 saturated carbocycles. The topological polar surface area (TPSA) is 95.6 Å². The van der Waals surface area contributed by atoms with Crippen LogP contribution in [0.25, 0.3) is 0 Å². The minimum Gasteiger partial charge on any atom is -0.348 e. The highest BCUT2D eigenvalue weighted by Gasteiger charge is 2.34. The molecule has 7 nitrogen and oxygen atoms in total. The fraction of sp³-hybridized carbons (Fsp3) is 0.440. The van der Waals surface area contributed by atoms with Gasteiger partial charge in [-0.15, -0.1) is 0 Å². The average Bonchev–Trinajstić information content (AvgIpc) is 2.81. The van der Waals surface area contributed by atoms with Crippen LogP contribution in [0.15, 0.2) is 53.4 Å². The minimum absolute atomic E-state index is 0.204. The van der Waals surface area contributed by atoms with Gasteiger partial charge in [0, 0.05) is 25.7 Å². The molecule has 2 N–H and O–H groups in total. The molecule has 2 amide bonds. The predicted molar refractivity (Wildman–Crippen MR) is 128 cm³/mol. The number of piperidine rings is 1. The molecule has 1 saturated heterocycles. The number of hydrogen-bond acceptors (Lipinski definition) is 4. The Hall–Kier alpha value is -2.71. The number of carbonyl (C=O) groups excluding carboxylic acids is 2. The van der Waals surface area contributed by atoms with Gasteiger partial charge in [0.05, 0.1) is 4.90 Å². The lowest BCUT2D eigenvalue weighted by molar-refractivity contribution is -0.139. The van der Waals surface area contributed by atoms with Crippen LogP contribution in [0.5, 0.6) is 0 Å². The van der Waals surface area contributed by atoms with Gasteiger partial charge in [-0.25, -0.2) is 8.42 Å². The highest BCUT2D eigenvalue weighted by Crippen LogP contribution is 2.29. The first-order valence-corrected chi connectivity index (χ1v) is 12.9. The Kier molecular flexibility index (Phi) is 8.63. The Morgan fingerprint density at radius 1 is 0.970 bits per heavy atom. The number of nitrogens with zero attached hydrogens (tertiary/aromatic N) is 1. The summed E-state index contributed by atoms with van der Waals surface area (Å²) >= 11 is 0. The second-order valence-corrected chi connectivity index (χ2v) is 10.4. The molecular weight excluding hydrogens is 438 g/mol. The molecule has 178 valence electrons. The summed E-state index contributed by atoms with van der Waals surface area (Å²) in [6, 6.07) is 15.0. The fourth-order valence-corrected chi connectivity index (χ4v) is 6.20. The second-order valence-electron chi connectivity index (χ2n) is 8.57. The zero-order chi connectivity index (χ0) is 23.8. The zero-order valence-corrected chi connectivity index (χ0v) is 20.2. The lowest BCUT2D eigenvalue weighted by Crippen LogP contribution is -2.46. The van der Waals surface area contributed by atoms with E-state index in [1.54, 1.807) is 10.4 Å². The lowest BCUT2D eigenvalue weighted by Gasteiger charge is -2.35. The highest BCUT2D eigenvalue weighted by molar-refractivity contribution is 7.89. The van der Waals surface area contributed by atoms with Crippen LogP contribution in [0.2, 0.25) is 0 Å². The number of amides is 2. The maximum atomic E-state index is 13.4. The molecule has 3 rings (SSSR count). The standard InChI is InChI=1S/C25H33N3O4S/c1-19-11-12-20(2)23(18-19)33(31,32)28-17-7-6-10-22(28)14-16-27-25(30)24(29)26-15-13-21-8-4-3-5-9-21/h3-5,8-9,11-12,18,22H,6-7,10,13-17H2,1-2H3,(H,26,29)(H,27,30)/t22-/m1/s1. The molecule has 1 aliphatic heterocycles. The van der Waals surface area contributed by atoms with E-state index in [0.717, 1.165) is 36.0 Å². The van der Waals surface area contributed by atoms with Crippen LogP contribution < -0.4 is 10.6 Å². The number of sulfonamides is 1. The van der Waals surface area contributed by atoms with E-state index in [4.69, 9.17) is 0 Å². The number of hydrogen-bond donors (Lipinski definition) is 2. The lowest BCUT2D eigenvalue weighted by atomic mass is 10.0. The van der Waals surface area contributed by atoms with E-state index >= 15 is 0 Å². The SMILES string of the molecule is Cc1ccc(C)c(S(=O)(=O)N2CCCC[C@@H]2CCNC(=O)C(=O)NCCc2ccccc2)c1. The molecule has 33 heavy (non-hydrogen) atoms. The monoisotopic (exact) mass is 471 g/mol. The first kappa shape index (κ1) is 24.9. The molecule has 0 spiro atoms. The molecule has 0 unspecified atom stereocenters. The number of benzene rings is 2. The molecule has 1 aliphatic rings. The van der Waals surface area contributed by atoms with Gasteiger partial charge in [0.25, 0.3) is 0 Å². The summed E-state index contributed by atoms with van der Waals surface area (Å²) in [6.45, 7) is 4.78. The molecule has 0 bridgehead atoms. The Labute approximate surface area is 196 Å². The van der Waals surface area contributed by atoms with E-state index in [1.165, 1.54) is 0 Å². The Morgan fingerprint density at radius 3 is 2.39 bits per heavy atom. The summed E-state index contributed by atoms with van der Waals surface area (Å²) in [5.74, 6) is -1.36. The van der Waals surface area contributed by atoms with Gasteiger partial charge in [-0.3, -0.25) is 9.59 Å². The molecule has 2 aromatic carbocycles. The van der Waals surface area contributed by atoms with E-state index in [0.29, 0.717) is 30.8 Å². The van der Waals surface area contributed by atoms with Crippen LogP contribution in [0.1, 0.15) is 42.4 Å². The first-order valence-electron chi connectivity index (χ1n) is 11.5. The van der Waals surface area contributed by atoms with Crippen molar-refractivity contribution < 1.29 is 18.0 Å². The molecule has 8 heteroatoms. The van der Waals surface area contributed by atoms with E-state index < -0.39 is 21.8 Å². The van der Waals surface area contributed by atoms with Crippen LogP contribution in [0.3, 0.4) is 0 Å². The molecule has 1 fully saturated rings. The van der Waals surface area contributed by atoms with Crippen molar-refractivity contribution >= 4 is 21.8 Å². The summed E-state index contributed by atoms with van der Waals surface area (Å²) in [6.07, 6.45) is 3.61. The predicted octanol–water partition coefficient (Wildman–Crippen LogP) is 2.71. The zero-order valence-electron chi connectivity index (χ0n) is 19.3. The van der Waals surface area contributed by atoms with Crippen molar-refractivity contribution in [1.82, 2.24) is 14.9 Å². The van der Waals surface area contributed by atoms with E-state index in [1.807, 2.05) is 56.3 Å². The van der Waals surface area contributed by atoms with Crippen molar-refractivity contribution in [2.45, 2.75) is 56.9 Å². The Morgan fingerprint density at radius 2 is 1.67 bits per heavy atom. The van der Waals surface area contributed by atoms with Crippen molar-refractivity contribution in [1.29, 1.82) is 0 Å². The molecule has 0 aliphatic carbocycles. The summed E-state index contributed by atoms with van der Waals surface area (Å²) in [5.41, 5.74) is 2.71. The van der Waals surface area contributed by atoms with Crippen molar-refractivity contribution in [3.63, 3.8) is 0 Å². The van der Waals surface area contributed by atoms with Crippen LogP contribution in [-0.2, 0) is 26.0 Å². The quantitative estimate of drug-likeness (QED) is 0.579. The smallest absolute Gasteiger partial charge is 0.309 e. The molecule has 1 heterocycles. The van der Waals surface area contributed by atoms with E-state index in [-0.39, 0.29) is 12.6 Å². The molecule has 0 radical (unpaired) electrons. The minimum atomic E-state index is -3.63. The Bertz CT molecular complexity index is 1070. The van der Waals surface area contributed by atoms with Crippen LogP contribution in [-0.4, -0.2) is 50.2 Å². The average molecular weight is 472 g/mol. The third-order valence-electron chi connectivity index (χ3n) is 6.01. The molecule has 1 atom stereocenters. The van der Waals surface area contributed by atoms with Crippen molar-refractivity contribution in [3.8, 4) is 0 Å². The summed E-state index contributed by atoms with van der Waals surface area (Å²) in [7, 11) is -3.63. The van der Waals surface area contributed by atoms with E-state index in [9.17, 15) is 18.0 Å². The van der Waals surface area contributed by atoms with E-state index in [2.05, 4.69) is 10.6 Å². The van der Waals surface area contributed by atoms with Crippen LogP contribution >= 0.6 is 0 Å². The largest absolute Gasteiger partial charge is 0.348 e. The third kappa shape index (κ3) is 6.65. The van der Waals surface area contributed by atoms with Crippen molar-refractivity contribution in [2.75, 3.05) is 19.6 Å². The number of carbonyl (C=O) groups is 2. The van der Waals surface area contributed by atoms with Gasteiger partial charge in [0.1, 0.15) is 0 Å². The Balaban J connectivity index is 1.52. The number of rotatable bonds is 8.